The van der Waals surface area contributed by atoms with E-state index in [1.165, 1.54) is 54.8 Å². The van der Waals surface area contributed by atoms with Crippen LogP contribution >= 0.6 is 0 Å². The van der Waals surface area contributed by atoms with Crippen molar-refractivity contribution in [2.45, 2.75) is 51.2 Å². The first-order valence-corrected chi connectivity index (χ1v) is 14.2. The van der Waals surface area contributed by atoms with Crippen molar-refractivity contribution >= 4 is 22.7 Å². The van der Waals surface area contributed by atoms with Crippen molar-refractivity contribution in [1.29, 1.82) is 0 Å². The highest BCUT2D eigenvalue weighted by atomic mass is 35.5. The Morgan fingerprint density at radius 2 is 1.24 bits per heavy atom. The fourth-order valence-corrected chi connectivity index (χ4v) is 5.74. The number of piperidine rings is 1. The van der Waals surface area contributed by atoms with Gasteiger partial charge in [-0.05, 0) is 87.6 Å². The van der Waals surface area contributed by atoms with Crippen LogP contribution in [0, 0.1) is 0 Å². The summed E-state index contributed by atoms with van der Waals surface area (Å²) in [5.41, 5.74) is 15.6. The van der Waals surface area contributed by atoms with Gasteiger partial charge in [-0.2, -0.15) is 0 Å². The van der Waals surface area contributed by atoms with Gasteiger partial charge >= 0.3 is 0 Å². The monoisotopic (exact) mass is 545 g/mol. The second-order valence-electron chi connectivity index (χ2n) is 11.1. The van der Waals surface area contributed by atoms with Crippen LogP contribution in [0.25, 0.3) is 0 Å². The number of nitrogens with zero attached hydrogens (tertiary/aromatic N) is 3. The van der Waals surface area contributed by atoms with Crippen LogP contribution in [-0.4, -0.2) is 82.8 Å². The van der Waals surface area contributed by atoms with E-state index in [-0.39, 0.29) is 12.4 Å². The highest BCUT2D eigenvalue weighted by Crippen LogP contribution is 2.24. The molecule has 0 saturated carbocycles. The van der Waals surface area contributed by atoms with E-state index in [1.54, 1.807) is 0 Å². The van der Waals surface area contributed by atoms with Gasteiger partial charge in [0.2, 0.25) is 0 Å². The quantitative estimate of drug-likeness (QED) is 0.385. The number of hydrogen-bond acceptors (Lipinski definition) is 6. The summed E-state index contributed by atoms with van der Waals surface area (Å²) in [6, 6.07) is 16.2. The van der Waals surface area contributed by atoms with Crippen LogP contribution in [0.4, 0.5) is 22.7 Å². The molecule has 2 atom stereocenters. The van der Waals surface area contributed by atoms with Crippen LogP contribution in [0.3, 0.4) is 0 Å². The minimum absolute atomic E-state index is 0. The molecule has 3 fully saturated rings. The third-order valence-electron chi connectivity index (χ3n) is 8.09. The van der Waals surface area contributed by atoms with Crippen LogP contribution in [0.5, 0.6) is 0 Å². The van der Waals surface area contributed by atoms with Gasteiger partial charge in [0, 0.05) is 55.5 Å². The van der Waals surface area contributed by atoms with Gasteiger partial charge in [-0.3, -0.25) is 0 Å². The Bertz CT molecular complexity index is 937. The zero-order valence-electron chi connectivity index (χ0n) is 23.4. The first kappa shape index (κ1) is 30.4. The third kappa shape index (κ3) is 8.94. The number of likely N-dealkylation sites (N-methyl/N-ethyl adjacent to an activating group) is 1. The Balaban J connectivity index is 0.000000220. The van der Waals surface area contributed by atoms with E-state index in [4.69, 9.17) is 20.9 Å². The van der Waals surface area contributed by atoms with E-state index in [9.17, 15) is 0 Å². The molecule has 3 aliphatic heterocycles. The van der Waals surface area contributed by atoms with E-state index in [0.29, 0.717) is 12.2 Å². The Morgan fingerprint density at radius 1 is 0.763 bits per heavy atom. The molecular weight excluding hydrogens is 498 g/mol. The number of hydrogen-bond donors (Lipinski definition) is 2. The highest BCUT2D eigenvalue weighted by Gasteiger charge is 2.27. The summed E-state index contributed by atoms with van der Waals surface area (Å²) in [5, 5.41) is 0. The van der Waals surface area contributed by atoms with Crippen molar-refractivity contribution < 1.29 is 26.4 Å². The van der Waals surface area contributed by atoms with E-state index < -0.39 is 0 Å². The first-order chi connectivity index (χ1) is 17.9. The second kappa shape index (κ2) is 14.8. The van der Waals surface area contributed by atoms with Crippen molar-refractivity contribution in [3.8, 4) is 0 Å². The third-order valence-corrected chi connectivity index (χ3v) is 8.09. The van der Waals surface area contributed by atoms with Gasteiger partial charge in [0.1, 0.15) is 6.54 Å². The topological polar surface area (TPSA) is 77.0 Å². The lowest BCUT2D eigenvalue weighted by Gasteiger charge is -2.37. The molecule has 4 N–H and O–H groups in total. The molecule has 3 aliphatic rings. The van der Waals surface area contributed by atoms with Gasteiger partial charge in [-0.25, -0.2) is 0 Å². The van der Waals surface area contributed by atoms with Gasteiger partial charge in [-0.1, -0.05) is 0 Å². The van der Waals surface area contributed by atoms with Crippen LogP contribution in [0.2, 0.25) is 0 Å². The highest BCUT2D eigenvalue weighted by molar-refractivity contribution is 5.54. The largest absolute Gasteiger partial charge is 1.00 e. The number of benzene rings is 2. The number of rotatable bonds is 8. The van der Waals surface area contributed by atoms with Crippen LogP contribution in [0.15, 0.2) is 48.5 Å². The molecule has 5 rings (SSSR count). The van der Waals surface area contributed by atoms with Crippen molar-refractivity contribution in [3.05, 3.63) is 48.5 Å². The standard InChI is InChI=1S/C18H30N3O.C12H18N2O.ClH/c1-21(11-3-2-4-12-21)13-14-22-18-9-10-20(15-18)17-7-5-16(19)6-8-17;1-2-15-12-7-8-14(9-12)11-5-3-10(13)4-6-11;/h5-8,18H,2-4,9-15,19H2,1H3;3-6,12H,2,7-9,13H2,1H3;1H/q+1;;/p-1. The van der Waals surface area contributed by atoms with E-state index in [1.807, 2.05) is 31.2 Å². The summed E-state index contributed by atoms with van der Waals surface area (Å²) in [7, 11) is 2.39. The van der Waals surface area contributed by atoms with Crippen molar-refractivity contribution in [2.75, 3.05) is 87.3 Å². The molecule has 0 aromatic heterocycles. The first-order valence-electron chi connectivity index (χ1n) is 14.2. The number of ether oxygens (including phenoxy) is 2. The maximum absolute atomic E-state index is 6.16. The molecule has 2 aromatic carbocycles. The molecule has 0 amide bonds. The normalized spacial score (nSPS) is 22.5. The van der Waals surface area contributed by atoms with Crippen molar-refractivity contribution in [2.24, 2.45) is 0 Å². The van der Waals surface area contributed by atoms with Crippen molar-refractivity contribution in [3.63, 3.8) is 0 Å². The molecule has 7 nitrogen and oxygen atoms in total. The molecule has 0 spiro atoms. The van der Waals surface area contributed by atoms with E-state index >= 15 is 0 Å². The summed E-state index contributed by atoms with van der Waals surface area (Å²) >= 11 is 0. The summed E-state index contributed by atoms with van der Waals surface area (Å²) in [6.07, 6.45) is 7.21. The zero-order chi connectivity index (χ0) is 26.1. The molecular formula is C30H48ClN5O2. The Hall–Kier alpha value is -2.19. The Kier molecular flexibility index (Phi) is 11.8. The van der Waals surface area contributed by atoms with Gasteiger partial charge in [-0.15, -0.1) is 0 Å². The molecule has 8 heteroatoms. The fourth-order valence-electron chi connectivity index (χ4n) is 5.74. The van der Waals surface area contributed by atoms with Crippen LogP contribution < -0.4 is 33.7 Å². The summed E-state index contributed by atoms with van der Waals surface area (Å²) in [4.78, 5) is 4.75. The lowest BCUT2D eigenvalue weighted by atomic mass is 10.1. The average Bonchev–Trinajstić information content (AvgIpc) is 3.56. The molecule has 38 heavy (non-hydrogen) atoms. The summed E-state index contributed by atoms with van der Waals surface area (Å²) < 4.78 is 13.0. The molecule has 212 valence electrons. The summed E-state index contributed by atoms with van der Waals surface area (Å²) in [6.45, 7) is 11.7. The Labute approximate surface area is 236 Å². The molecule has 3 heterocycles. The lowest BCUT2D eigenvalue weighted by Crippen LogP contribution is -3.00. The maximum Gasteiger partial charge on any atom is 0.102 e. The average molecular weight is 546 g/mol. The van der Waals surface area contributed by atoms with Gasteiger partial charge in [0.05, 0.1) is 39.0 Å². The minimum atomic E-state index is 0. The fraction of sp³-hybridized carbons (Fsp3) is 0.600. The molecule has 0 aliphatic carbocycles. The Morgan fingerprint density at radius 3 is 1.71 bits per heavy atom. The number of nitrogen functional groups attached to an aromatic ring is 2. The summed E-state index contributed by atoms with van der Waals surface area (Å²) in [5.74, 6) is 0. The van der Waals surface area contributed by atoms with E-state index in [2.05, 4.69) is 41.1 Å². The second-order valence-corrected chi connectivity index (χ2v) is 11.1. The predicted molar refractivity (Wildman–Crippen MR) is 155 cm³/mol. The van der Waals surface area contributed by atoms with Crippen LogP contribution in [-0.2, 0) is 9.47 Å². The minimum Gasteiger partial charge on any atom is -1.00 e. The molecule has 2 unspecified atom stereocenters. The number of halogens is 1. The number of likely N-dealkylation sites (tertiary alicyclic amines) is 1. The van der Waals surface area contributed by atoms with Gasteiger partial charge in [0.25, 0.3) is 0 Å². The van der Waals surface area contributed by atoms with Gasteiger partial charge in [0.15, 0.2) is 0 Å². The molecule has 0 radical (unpaired) electrons. The lowest BCUT2D eigenvalue weighted by molar-refractivity contribution is -0.914. The predicted octanol–water partition coefficient (Wildman–Crippen LogP) is 1.38. The number of nitrogens with two attached hydrogens (primary N) is 2. The molecule has 0 bridgehead atoms. The maximum atomic E-state index is 6.16. The van der Waals surface area contributed by atoms with Crippen LogP contribution in [0.1, 0.15) is 39.0 Å². The molecule has 3 saturated heterocycles. The van der Waals surface area contributed by atoms with Gasteiger partial charge < -0.3 is 47.6 Å². The van der Waals surface area contributed by atoms with Crippen molar-refractivity contribution in [1.82, 2.24) is 0 Å². The van der Waals surface area contributed by atoms with E-state index in [0.717, 1.165) is 63.6 Å². The zero-order valence-corrected chi connectivity index (χ0v) is 24.1. The smallest absolute Gasteiger partial charge is 0.102 e. The number of anilines is 4. The number of quaternary nitrogens is 1. The molecule has 2 aromatic rings. The SMILES string of the molecule is CCOC1CCN(c2ccc(N)cc2)C1.C[N+]1(CCOC2CCN(c3ccc(N)cc3)C2)CCCCC1.[Cl-].